The van der Waals surface area contributed by atoms with Crippen LogP contribution in [-0.2, 0) is 4.79 Å². The molecule has 0 atom stereocenters. The van der Waals surface area contributed by atoms with Crippen molar-refractivity contribution in [1.82, 2.24) is 20.6 Å². The van der Waals surface area contributed by atoms with E-state index in [0.717, 1.165) is 22.5 Å². The number of aromatic nitrogens is 2. The van der Waals surface area contributed by atoms with Gasteiger partial charge in [-0.15, -0.1) is 0 Å². The summed E-state index contributed by atoms with van der Waals surface area (Å²) in [5.74, 6) is 6.12. The topological polar surface area (TPSA) is 66.9 Å². The smallest absolute Gasteiger partial charge is 0.221 e. The second-order valence-electron chi connectivity index (χ2n) is 8.03. The number of hydrogen-bond acceptors (Lipinski definition) is 4. The molecule has 35 heavy (non-hydrogen) atoms. The average molecular weight is 461 g/mol. The summed E-state index contributed by atoms with van der Waals surface area (Å²) >= 11 is 0. The highest BCUT2D eigenvalue weighted by Crippen LogP contribution is 2.27. The number of rotatable bonds is 9. The van der Waals surface area contributed by atoms with Gasteiger partial charge in [0.25, 0.3) is 0 Å². The van der Waals surface area contributed by atoms with Crippen molar-refractivity contribution in [2.45, 2.75) is 18.4 Å². The van der Waals surface area contributed by atoms with Crippen LogP contribution in [0.2, 0.25) is 0 Å². The van der Waals surface area contributed by atoms with Crippen LogP contribution in [0.3, 0.4) is 0 Å². The molecule has 0 aliphatic rings. The van der Waals surface area contributed by atoms with Gasteiger partial charge in [-0.25, -0.2) is 0 Å². The Balaban J connectivity index is 1.31. The van der Waals surface area contributed by atoms with Crippen LogP contribution >= 0.6 is 0 Å². The zero-order valence-corrected chi connectivity index (χ0v) is 19.5. The molecule has 2 aromatic heterocycles. The van der Waals surface area contributed by atoms with E-state index in [1.54, 1.807) is 12.4 Å². The molecule has 4 rings (SSSR count). The molecule has 2 N–H and O–H groups in total. The van der Waals surface area contributed by atoms with E-state index in [2.05, 4.69) is 56.7 Å². The number of hydrogen-bond donors (Lipinski definition) is 2. The minimum Gasteiger partial charge on any atom is -0.345 e. The fourth-order valence-electron chi connectivity index (χ4n) is 3.93. The van der Waals surface area contributed by atoms with E-state index in [1.165, 1.54) is 0 Å². The predicted octanol–water partition coefficient (Wildman–Crippen LogP) is 4.50. The monoisotopic (exact) mass is 460 g/mol. The minimum absolute atomic E-state index is 0.00419. The van der Waals surface area contributed by atoms with Gasteiger partial charge >= 0.3 is 0 Å². The fourth-order valence-corrected chi connectivity index (χ4v) is 3.93. The van der Waals surface area contributed by atoms with Gasteiger partial charge in [-0.2, -0.15) is 0 Å². The molecular formula is C30H28N4O. The third-order valence-corrected chi connectivity index (χ3v) is 5.65. The van der Waals surface area contributed by atoms with Crippen LogP contribution in [0.4, 0.5) is 0 Å². The summed E-state index contributed by atoms with van der Waals surface area (Å²) in [7, 11) is 0. The summed E-state index contributed by atoms with van der Waals surface area (Å²) < 4.78 is 0. The van der Waals surface area contributed by atoms with Gasteiger partial charge in [-0.1, -0.05) is 84.6 Å². The molecule has 0 unspecified atom stereocenters. The highest BCUT2D eigenvalue weighted by molar-refractivity contribution is 5.77. The van der Waals surface area contributed by atoms with Crippen molar-refractivity contribution in [2.24, 2.45) is 0 Å². The first-order valence-corrected chi connectivity index (χ1v) is 11.7. The Morgan fingerprint density at radius 2 is 1.20 bits per heavy atom. The van der Waals surface area contributed by atoms with Gasteiger partial charge in [0, 0.05) is 24.7 Å². The van der Waals surface area contributed by atoms with E-state index in [-0.39, 0.29) is 17.9 Å². The van der Waals surface area contributed by atoms with Crippen molar-refractivity contribution < 1.29 is 4.79 Å². The standard InChI is InChI=1S/C30H28N4O/c35-29(23-26(24-13-3-1-4-14-24)25-15-5-2-6-16-25)33-21-11-12-22-34-30(27-17-7-9-19-31-27)28-18-8-10-20-32-28/h1-10,13-20,26,30,34H,21-23H2,(H,33,35). The second kappa shape index (κ2) is 12.8. The van der Waals surface area contributed by atoms with Gasteiger partial charge in [0.15, 0.2) is 0 Å². The molecule has 1 amide bonds. The summed E-state index contributed by atoms with van der Waals surface area (Å²) in [4.78, 5) is 21.6. The van der Waals surface area contributed by atoms with Gasteiger partial charge in [0.05, 0.1) is 30.5 Å². The summed E-state index contributed by atoms with van der Waals surface area (Å²) in [5.41, 5.74) is 4.02. The van der Waals surface area contributed by atoms with Crippen molar-refractivity contribution in [3.63, 3.8) is 0 Å². The van der Waals surface area contributed by atoms with E-state index < -0.39 is 0 Å². The van der Waals surface area contributed by atoms with Gasteiger partial charge in [0.2, 0.25) is 5.91 Å². The zero-order chi connectivity index (χ0) is 24.1. The van der Waals surface area contributed by atoms with Crippen LogP contribution in [0.1, 0.15) is 40.9 Å². The van der Waals surface area contributed by atoms with E-state index in [9.17, 15) is 4.79 Å². The SMILES string of the molecule is O=C(CC(c1ccccc1)c1ccccc1)NCC#CCNC(c1ccccn1)c1ccccn1. The van der Waals surface area contributed by atoms with Crippen molar-refractivity contribution in [3.8, 4) is 11.8 Å². The molecule has 0 spiro atoms. The van der Waals surface area contributed by atoms with Crippen molar-refractivity contribution >= 4 is 5.91 Å². The number of amides is 1. The molecule has 0 aliphatic heterocycles. The maximum Gasteiger partial charge on any atom is 0.221 e. The second-order valence-corrected chi connectivity index (χ2v) is 8.03. The number of nitrogens with one attached hydrogen (secondary N) is 2. The molecule has 4 aromatic rings. The lowest BCUT2D eigenvalue weighted by Gasteiger charge is -2.17. The Bertz CT molecular complexity index is 1160. The predicted molar refractivity (Wildman–Crippen MR) is 138 cm³/mol. The van der Waals surface area contributed by atoms with E-state index in [4.69, 9.17) is 0 Å². The minimum atomic E-state index is -0.154. The zero-order valence-electron chi connectivity index (χ0n) is 19.5. The lowest BCUT2D eigenvalue weighted by molar-refractivity contribution is -0.121. The summed E-state index contributed by atoms with van der Waals surface area (Å²) in [6, 6.07) is 31.7. The number of benzene rings is 2. The number of nitrogens with zero attached hydrogens (tertiary/aromatic N) is 2. The number of carbonyl (C=O) groups excluding carboxylic acids is 1. The highest BCUT2D eigenvalue weighted by Gasteiger charge is 2.18. The average Bonchev–Trinajstić information content (AvgIpc) is 2.93. The van der Waals surface area contributed by atoms with Gasteiger partial charge in [-0.05, 0) is 35.4 Å². The van der Waals surface area contributed by atoms with E-state index >= 15 is 0 Å². The molecule has 0 saturated heterocycles. The van der Waals surface area contributed by atoms with Gasteiger partial charge in [-0.3, -0.25) is 20.1 Å². The molecule has 2 heterocycles. The molecule has 5 nitrogen and oxygen atoms in total. The van der Waals surface area contributed by atoms with Crippen molar-refractivity contribution in [3.05, 3.63) is 132 Å². The van der Waals surface area contributed by atoms with Crippen molar-refractivity contribution in [1.29, 1.82) is 0 Å². The van der Waals surface area contributed by atoms with Crippen molar-refractivity contribution in [2.75, 3.05) is 13.1 Å². The Labute approximate surface area is 206 Å². The fraction of sp³-hybridized carbons (Fsp3) is 0.167. The first kappa shape index (κ1) is 23.9. The quantitative estimate of drug-likeness (QED) is 0.361. The Morgan fingerprint density at radius 3 is 1.71 bits per heavy atom. The molecule has 0 radical (unpaired) electrons. The highest BCUT2D eigenvalue weighted by atomic mass is 16.1. The van der Waals surface area contributed by atoms with Gasteiger partial charge < -0.3 is 5.32 Å². The molecule has 5 heteroatoms. The third-order valence-electron chi connectivity index (χ3n) is 5.65. The lowest BCUT2D eigenvalue weighted by atomic mass is 9.88. The molecule has 0 aliphatic carbocycles. The number of pyridine rings is 2. The Kier molecular flexibility index (Phi) is 8.75. The Morgan fingerprint density at radius 1 is 0.686 bits per heavy atom. The summed E-state index contributed by atoms with van der Waals surface area (Å²) in [6.07, 6.45) is 3.91. The van der Waals surface area contributed by atoms with Crippen LogP contribution in [0.15, 0.2) is 109 Å². The van der Waals surface area contributed by atoms with Crippen LogP contribution in [-0.4, -0.2) is 29.0 Å². The van der Waals surface area contributed by atoms with Gasteiger partial charge in [0.1, 0.15) is 0 Å². The first-order valence-electron chi connectivity index (χ1n) is 11.7. The third kappa shape index (κ3) is 7.10. The first-order chi connectivity index (χ1) is 17.3. The summed E-state index contributed by atoms with van der Waals surface area (Å²) in [5, 5.41) is 6.34. The molecule has 2 aromatic carbocycles. The van der Waals surface area contributed by atoms with E-state index in [0.29, 0.717) is 19.5 Å². The van der Waals surface area contributed by atoms with Crippen LogP contribution in [0, 0.1) is 11.8 Å². The normalized spacial score (nSPS) is 10.6. The molecule has 0 saturated carbocycles. The van der Waals surface area contributed by atoms with Crippen LogP contribution in [0.25, 0.3) is 0 Å². The molecular weight excluding hydrogens is 432 g/mol. The molecule has 174 valence electrons. The molecule has 0 fully saturated rings. The molecule has 0 bridgehead atoms. The largest absolute Gasteiger partial charge is 0.345 e. The summed E-state index contributed by atoms with van der Waals surface area (Å²) in [6.45, 7) is 0.749. The number of carbonyl (C=O) groups is 1. The Hall–Kier alpha value is -4.27. The maximum atomic E-state index is 12.7. The maximum absolute atomic E-state index is 12.7. The lowest BCUT2D eigenvalue weighted by Crippen LogP contribution is -2.26. The van der Waals surface area contributed by atoms with Crippen LogP contribution < -0.4 is 10.6 Å². The van der Waals surface area contributed by atoms with Crippen LogP contribution in [0.5, 0.6) is 0 Å². The van der Waals surface area contributed by atoms with E-state index in [1.807, 2.05) is 72.8 Å².